The first kappa shape index (κ1) is 17.7. The second-order valence-electron chi connectivity index (χ2n) is 4.33. The van der Waals surface area contributed by atoms with Crippen LogP contribution in [0.2, 0.25) is 5.02 Å². The molecular formula is C13H6ClF5N2O3. The molecule has 0 aliphatic rings. The van der Waals surface area contributed by atoms with E-state index in [1.54, 1.807) is 0 Å². The van der Waals surface area contributed by atoms with E-state index in [4.69, 9.17) is 22.4 Å². The Hall–Kier alpha value is -2.62. The maximum absolute atomic E-state index is 14.1. The van der Waals surface area contributed by atoms with Gasteiger partial charge in [-0.2, -0.15) is 0 Å². The van der Waals surface area contributed by atoms with Crippen molar-refractivity contribution in [2.75, 3.05) is 5.73 Å². The molecule has 0 fully saturated rings. The smallest absolute Gasteiger partial charge is 0.449 e. The third-order valence-corrected chi connectivity index (χ3v) is 3.20. The van der Waals surface area contributed by atoms with Crippen LogP contribution in [0.15, 0.2) is 12.1 Å². The monoisotopic (exact) mass is 368 g/mol. The van der Waals surface area contributed by atoms with Gasteiger partial charge in [-0.25, -0.2) is 31.7 Å². The van der Waals surface area contributed by atoms with Crippen molar-refractivity contribution in [3.63, 3.8) is 0 Å². The van der Waals surface area contributed by atoms with Gasteiger partial charge in [0.1, 0.15) is 22.5 Å². The minimum Gasteiger partial charge on any atom is -0.449 e. The molecule has 0 atom stereocenters. The number of ether oxygens (including phenoxy) is 1. The maximum atomic E-state index is 14.1. The summed E-state index contributed by atoms with van der Waals surface area (Å²) in [5.41, 5.74) is 1.56. The maximum Gasteiger partial charge on any atom is 0.512 e. The number of alkyl halides is 2. The second kappa shape index (κ2) is 6.48. The molecule has 1 heterocycles. The topological polar surface area (TPSA) is 85.4 Å². The SMILES string of the molecule is Nc1cc(-c2c(F)cc(F)c(C(F)F)c2F)nc(OC(=O)O)c1Cl. The van der Waals surface area contributed by atoms with Crippen LogP contribution in [-0.4, -0.2) is 16.2 Å². The molecule has 11 heteroatoms. The van der Waals surface area contributed by atoms with Crippen molar-refractivity contribution in [2.24, 2.45) is 0 Å². The molecule has 0 spiro atoms. The number of hydrogen-bond acceptors (Lipinski definition) is 4. The molecule has 0 saturated carbocycles. The predicted octanol–water partition coefficient (Wildman–Crippen LogP) is 4.40. The van der Waals surface area contributed by atoms with E-state index in [1.165, 1.54) is 0 Å². The van der Waals surface area contributed by atoms with Gasteiger partial charge >= 0.3 is 6.16 Å². The number of nitrogens with zero attached hydrogens (tertiary/aromatic N) is 1. The number of hydrogen-bond donors (Lipinski definition) is 2. The van der Waals surface area contributed by atoms with Crippen molar-refractivity contribution in [1.29, 1.82) is 0 Å². The fraction of sp³-hybridized carbons (Fsp3) is 0.0769. The summed E-state index contributed by atoms with van der Waals surface area (Å²) in [5.74, 6) is -6.06. The molecule has 0 radical (unpaired) electrons. The average molecular weight is 369 g/mol. The van der Waals surface area contributed by atoms with Gasteiger partial charge in [-0.1, -0.05) is 11.6 Å². The summed E-state index contributed by atoms with van der Waals surface area (Å²) in [4.78, 5) is 14.0. The molecule has 0 aliphatic carbocycles. The van der Waals surface area contributed by atoms with Gasteiger partial charge in [0, 0.05) is 6.07 Å². The van der Waals surface area contributed by atoms with Crippen LogP contribution in [0.1, 0.15) is 12.0 Å². The number of carbonyl (C=O) groups is 1. The second-order valence-corrected chi connectivity index (χ2v) is 4.71. The highest BCUT2D eigenvalue weighted by molar-refractivity contribution is 6.34. The summed E-state index contributed by atoms with van der Waals surface area (Å²) in [6, 6.07) is 0.843. The summed E-state index contributed by atoms with van der Waals surface area (Å²) < 4.78 is 71.0. The first-order chi connectivity index (χ1) is 11.1. The Morgan fingerprint density at radius 1 is 1.25 bits per heavy atom. The van der Waals surface area contributed by atoms with E-state index in [1.807, 2.05) is 0 Å². The highest BCUT2D eigenvalue weighted by atomic mass is 35.5. The molecule has 2 rings (SSSR count). The van der Waals surface area contributed by atoms with E-state index in [0.29, 0.717) is 0 Å². The van der Waals surface area contributed by atoms with Crippen LogP contribution in [0, 0.1) is 17.5 Å². The van der Waals surface area contributed by atoms with Crippen molar-refractivity contribution in [1.82, 2.24) is 4.98 Å². The van der Waals surface area contributed by atoms with Gasteiger partial charge in [-0.3, -0.25) is 0 Å². The number of benzene rings is 1. The molecule has 0 unspecified atom stereocenters. The van der Waals surface area contributed by atoms with Gasteiger partial charge in [0.15, 0.2) is 0 Å². The Balaban J connectivity index is 2.75. The lowest BCUT2D eigenvalue weighted by atomic mass is 10.0. The van der Waals surface area contributed by atoms with Crippen LogP contribution in [-0.2, 0) is 0 Å². The summed E-state index contributed by atoms with van der Waals surface area (Å²) in [6.07, 6.45) is -5.42. The largest absolute Gasteiger partial charge is 0.512 e. The van der Waals surface area contributed by atoms with Crippen molar-refractivity contribution >= 4 is 23.4 Å². The number of rotatable bonds is 3. The van der Waals surface area contributed by atoms with Gasteiger partial charge in [-0.15, -0.1) is 0 Å². The van der Waals surface area contributed by atoms with Crippen molar-refractivity contribution in [2.45, 2.75) is 6.43 Å². The predicted molar refractivity (Wildman–Crippen MR) is 72.6 cm³/mol. The fourth-order valence-electron chi connectivity index (χ4n) is 1.84. The molecular weight excluding hydrogens is 363 g/mol. The number of anilines is 1. The molecule has 0 aliphatic heterocycles. The highest BCUT2D eigenvalue weighted by Gasteiger charge is 2.27. The summed E-state index contributed by atoms with van der Waals surface area (Å²) in [6.45, 7) is 0. The molecule has 128 valence electrons. The van der Waals surface area contributed by atoms with Crippen LogP contribution < -0.4 is 10.5 Å². The Labute approximate surface area is 135 Å². The van der Waals surface area contributed by atoms with Crippen LogP contribution in [0.5, 0.6) is 5.88 Å². The zero-order chi connectivity index (χ0) is 18.2. The first-order valence-electron chi connectivity index (χ1n) is 5.96. The molecule has 0 bridgehead atoms. The minimum atomic E-state index is -3.57. The molecule has 3 N–H and O–H groups in total. The summed E-state index contributed by atoms with van der Waals surface area (Å²) >= 11 is 5.64. The third-order valence-electron chi connectivity index (χ3n) is 2.82. The molecule has 0 saturated heterocycles. The van der Waals surface area contributed by atoms with Gasteiger partial charge in [0.25, 0.3) is 6.43 Å². The molecule has 24 heavy (non-hydrogen) atoms. The van der Waals surface area contributed by atoms with Crippen LogP contribution in [0.25, 0.3) is 11.3 Å². The lowest BCUT2D eigenvalue weighted by molar-refractivity contribution is 0.140. The number of carboxylic acid groups (broad SMARTS) is 1. The summed E-state index contributed by atoms with van der Waals surface area (Å²) in [7, 11) is 0. The van der Waals surface area contributed by atoms with E-state index in [0.717, 1.165) is 6.07 Å². The molecule has 5 nitrogen and oxygen atoms in total. The Morgan fingerprint density at radius 3 is 2.42 bits per heavy atom. The Kier molecular flexibility index (Phi) is 4.78. The quantitative estimate of drug-likeness (QED) is 0.619. The Morgan fingerprint density at radius 2 is 1.88 bits per heavy atom. The van der Waals surface area contributed by atoms with Crippen molar-refractivity contribution < 1.29 is 36.6 Å². The number of pyridine rings is 1. The van der Waals surface area contributed by atoms with Crippen LogP contribution in [0.3, 0.4) is 0 Å². The molecule has 2 aromatic rings. The van der Waals surface area contributed by atoms with E-state index in [9.17, 15) is 26.7 Å². The van der Waals surface area contributed by atoms with Crippen LogP contribution >= 0.6 is 11.6 Å². The number of nitrogen functional groups attached to an aromatic ring is 1. The van der Waals surface area contributed by atoms with Gasteiger partial charge < -0.3 is 15.6 Å². The number of halogens is 6. The zero-order valence-corrected chi connectivity index (χ0v) is 12.0. The van der Waals surface area contributed by atoms with Gasteiger partial charge in [0.2, 0.25) is 5.88 Å². The lowest BCUT2D eigenvalue weighted by Crippen LogP contribution is -2.08. The van der Waals surface area contributed by atoms with E-state index in [2.05, 4.69) is 9.72 Å². The molecule has 0 amide bonds. The van der Waals surface area contributed by atoms with E-state index in [-0.39, 0.29) is 11.8 Å². The van der Waals surface area contributed by atoms with Crippen molar-refractivity contribution in [3.05, 3.63) is 40.2 Å². The van der Waals surface area contributed by atoms with Gasteiger partial charge in [0.05, 0.1) is 22.5 Å². The average Bonchev–Trinajstić information content (AvgIpc) is 2.42. The van der Waals surface area contributed by atoms with Crippen LogP contribution in [0.4, 0.5) is 32.4 Å². The third kappa shape index (κ3) is 3.18. The number of nitrogens with two attached hydrogens (primary N) is 1. The molecule has 1 aromatic heterocycles. The lowest BCUT2D eigenvalue weighted by Gasteiger charge is -2.12. The highest BCUT2D eigenvalue weighted by Crippen LogP contribution is 2.37. The van der Waals surface area contributed by atoms with Crippen molar-refractivity contribution in [3.8, 4) is 17.1 Å². The van der Waals surface area contributed by atoms with E-state index >= 15 is 0 Å². The molecule has 1 aromatic carbocycles. The Bertz CT molecular complexity index is 832. The first-order valence-corrected chi connectivity index (χ1v) is 6.34. The standard InChI is InChI=1S/C13H6ClF5N2O3/c14-9-5(20)2-6(21-12(9)24-13(22)23)7-3(15)1-4(16)8(10(7)17)11(18)19/h1-2,11H,(H2,20,21)(H,22,23). The zero-order valence-electron chi connectivity index (χ0n) is 11.3. The summed E-state index contributed by atoms with van der Waals surface area (Å²) in [5, 5.41) is 8.07. The van der Waals surface area contributed by atoms with E-state index < -0.39 is 57.8 Å². The van der Waals surface area contributed by atoms with Gasteiger partial charge in [-0.05, 0) is 6.07 Å². The normalized spacial score (nSPS) is 11.0. The minimum absolute atomic E-state index is 0.0457. The number of aromatic nitrogens is 1. The fourth-order valence-corrected chi connectivity index (χ4v) is 1.98.